The van der Waals surface area contributed by atoms with E-state index in [-0.39, 0.29) is 6.10 Å². The summed E-state index contributed by atoms with van der Waals surface area (Å²) in [5.41, 5.74) is 0. The van der Waals surface area contributed by atoms with E-state index in [1.807, 2.05) is 0 Å². The van der Waals surface area contributed by atoms with Crippen molar-refractivity contribution in [2.45, 2.75) is 52.1 Å². The topological polar surface area (TPSA) is 52.6 Å². The normalized spacial score (nSPS) is 12.1. The first-order chi connectivity index (χ1) is 9.10. The van der Waals surface area contributed by atoms with Gasteiger partial charge in [0.1, 0.15) is 6.10 Å². The van der Waals surface area contributed by atoms with Crippen molar-refractivity contribution in [2.24, 2.45) is 0 Å². The zero-order valence-electron chi connectivity index (χ0n) is 11.9. The van der Waals surface area contributed by atoms with Gasteiger partial charge in [0.25, 0.3) is 0 Å². The van der Waals surface area contributed by atoms with Crippen molar-refractivity contribution >= 4 is 11.9 Å². The van der Waals surface area contributed by atoms with Gasteiger partial charge in [0.2, 0.25) is 0 Å². The zero-order chi connectivity index (χ0) is 14.5. The molecular formula is C15H24O4. The van der Waals surface area contributed by atoms with Gasteiger partial charge in [0.15, 0.2) is 0 Å². The van der Waals surface area contributed by atoms with Crippen molar-refractivity contribution in [2.75, 3.05) is 6.61 Å². The fraction of sp³-hybridized carbons (Fsp3) is 0.600. The van der Waals surface area contributed by atoms with Gasteiger partial charge in [-0.15, -0.1) is 6.58 Å². The number of carbonyl (C=O) groups excluding carboxylic acids is 2. The van der Waals surface area contributed by atoms with Crippen LogP contribution in [0.4, 0.5) is 0 Å². The molecule has 4 heteroatoms. The highest BCUT2D eigenvalue weighted by molar-refractivity contribution is 5.91. The fourth-order valence-corrected chi connectivity index (χ4v) is 1.41. The lowest BCUT2D eigenvalue weighted by molar-refractivity contribution is -0.143. The van der Waals surface area contributed by atoms with Gasteiger partial charge in [-0.25, -0.2) is 9.59 Å². The molecule has 4 nitrogen and oxygen atoms in total. The summed E-state index contributed by atoms with van der Waals surface area (Å²) in [4.78, 5) is 22.6. The van der Waals surface area contributed by atoms with Crippen molar-refractivity contribution in [1.29, 1.82) is 0 Å². The summed E-state index contributed by atoms with van der Waals surface area (Å²) < 4.78 is 9.94. The monoisotopic (exact) mass is 268 g/mol. The van der Waals surface area contributed by atoms with E-state index >= 15 is 0 Å². The van der Waals surface area contributed by atoms with Crippen molar-refractivity contribution in [3.8, 4) is 0 Å². The molecule has 0 amide bonds. The van der Waals surface area contributed by atoms with Crippen molar-refractivity contribution in [3.05, 3.63) is 24.8 Å². The fourth-order valence-electron chi connectivity index (χ4n) is 1.41. The number of rotatable bonds is 10. The number of esters is 2. The van der Waals surface area contributed by atoms with Gasteiger partial charge in [-0.1, -0.05) is 32.3 Å². The van der Waals surface area contributed by atoms with Gasteiger partial charge < -0.3 is 9.47 Å². The molecule has 0 aromatic heterocycles. The molecule has 0 rings (SSSR count). The second kappa shape index (κ2) is 11.5. The Morgan fingerprint density at radius 3 is 2.47 bits per heavy atom. The van der Waals surface area contributed by atoms with Crippen molar-refractivity contribution < 1.29 is 19.1 Å². The van der Waals surface area contributed by atoms with E-state index < -0.39 is 11.9 Å². The van der Waals surface area contributed by atoms with Gasteiger partial charge >= 0.3 is 11.9 Å². The average molecular weight is 268 g/mol. The molecule has 108 valence electrons. The second-order valence-electron chi connectivity index (χ2n) is 4.33. The van der Waals surface area contributed by atoms with Crippen LogP contribution in [-0.4, -0.2) is 24.6 Å². The van der Waals surface area contributed by atoms with Crippen LogP contribution in [0.2, 0.25) is 0 Å². The van der Waals surface area contributed by atoms with Crippen LogP contribution < -0.4 is 0 Å². The molecule has 0 heterocycles. The minimum Gasteiger partial charge on any atom is -0.463 e. The Labute approximate surface area is 115 Å². The highest BCUT2D eigenvalue weighted by Gasteiger charge is 2.05. The van der Waals surface area contributed by atoms with Crippen LogP contribution in [0, 0.1) is 0 Å². The quantitative estimate of drug-likeness (QED) is 0.264. The van der Waals surface area contributed by atoms with Crippen LogP contribution >= 0.6 is 0 Å². The molecule has 0 spiro atoms. The lowest BCUT2D eigenvalue weighted by atomic mass is 10.2. The summed E-state index contributed by atoms with van der Waals surface area (Å²) in [5, 5.41) is 0. The van der Waals surface area contributed by atoms with Crippen LogP contribution in [0.1, 0.15) is 46.0 Å². The minimum atomic E-state index is -0.544. The van der Waals surface area contributed by atoms with E-state index in [1.54, 1.807) is 13.0 Å². The van der Waals surface area contributed by atoms with E-state index in [4.69, 9.17) is 9.47 Å². The number of hydrogen-bond acceptors (Lipinski definition) is 4. The lowest BCUT2D eigenvalue weighted by Gasteiger charge is -2.08. The maximum Gasteiger partial charge on any atom is 0.331 e. The predicted molar refractivity (Wildman–Crippen MR) is 74.6 cm³/mol. The zero-order valence-corrected chi connectivity index (χ0v) is 11.9. The highest BCUT2D eigenvalue weighted by Crippen LogP contribution is 2.00. The van der Waals surface area contributed by atoms with E-state index in [9.17, 15) is 9.59 Å². The Morgan fingerprint density at radius 1 is 1.16 bits per heavy atom. The molecule has 0 aromatic carbocycles. The second-order valence-corrected chi connectivity index (χ2v) is 4.33. The minimum absolute atomic E-state index is 0.236. The van der Waals surface area contributed by atoms with Gasteiger partial charge in [-0.3, -0.25) is 0 Å². The molecule has 0 aliphatic carbocycles. The van der Waals surface area contributed by atoms with Gasteiger partial charge in [-0.2, -0.15) is 0 Å². The lowest BCUT2D eigenvalue weighted by Crippen LogP contribution is -2.12. The Balaban J connectivity index is 3.75. The molecule has 0 aromatic rings. The summed E-state index contributed by atoms with van der Waals surface area (Å²) in [6.07, 6.45) is 8.40. The van der Waals surface area contributed by atoms with Crippen LogP contribution in [0.3, 0.4) is 0 Å². The third-order valence-electron chi connectivity index (χ3n) is 2.41. The van der Waals surface area contributed by atoms with Crippen LogP contribution in [0.25, 0.3) is 0 Å². The average Bonchev–Trinajstić information content (AvgIpc) is 2.36. The SMILES string of the molecule is C=CCC(C)OC(=O)/C=C/C(=O)OCCCCCC. The van der Waals surface area contributed by atoms with Crippen LogP contribution in [0.5, 0.6) is 0 Å². The first kappa shape index (κ1) is 17.4. The molecule has 19 heavy (non-hydrogen) atoms. The third-order valence-corrected chi connectivity index (χ3v) is 2.41. The number of unbranched alkanes of at least 4 members (excludes halogenated alkanes) is 3. The summed E-state index contributed by atoms with van der Waals surface area (Å²) >= 11 is 0. The first-order valence-electron chi connectivity index (χ1n) is 6.76. The molecular weight excluding hydrogens is 244 g/mol. The Bertz CT molecular complexity index is 307. The summed E-state index contributed by atoms with van der Waals surface area (Å²) in [7, 11) is 0. The molecule has 0 saturated carbocycles. The third kappa shape index (κ3) is 11.3. The molecule has 0 N–H and O–H groups in total. The van der Waals surface area contributed by atoms with E-state index in [0.29, 0.717) is 13.0 Å². The van der Waals surface area contributed by atoms with E-state index in [0.717, 1.165) is 37.8 Å². The smallest absolute Gasteiger partial charge is 0.331 e. The Hall–Kier alpha value is -1.58. The van der Waals surface area contributed by atoms with Gasteiger partial charge in [0.05, 0.1) is 6.61 Å². The van der Waals surface area contributed by atoms with Crippen LogP contribution in [-0.2, 0) is 19.1 Å². The van der Waals surface area contributed by atoms with Crippen molar-refractivity contribution in [3.63, 3.8) is 0 Å². The van der Waals surface area contributed by atoms with E-state index in [1.165, 1.54) is 0 Å². The summed E-state index contributed by atoms with van der Waals surface area (Å²) in [5.74, 6) is -1.05. The maximum atomic E-state index is 11.3. The van der Waals surface area contributed by atoms with Crippen LogP contribution in [0.15, 0.2) is 24.8 Å². The highest BCUT2D eigenvalue weighted by atomic mass is 16.5. The molecule has 0 saturated heterocycles. The predicted octanol–water partition coefficient (Wildman–Crippen LogP) is 3.17. The van der Waals surface area contributed by atoms with Gasteiger partial charge in [0, 0.05) is 18.6 Å². The largest absolute Gasteiger partial charge is 0.463 e. The molecule has 0 aliphatic rings. The Morgan fingerprint density at radius 2 is 1.84 bits per heavy atom. The van der Waals surface area contributed by atoms with E-state index in [2.05, 4.69) is 13.5 Å². The number of ether oxygens (including phenoxy) is 2. The molecule has 1 atom stereocenters. The molecule has 1 unspecified atom stereocenters. The molecule has 0 radical (unpaired) electrons. The molecule has 0 bridgehead atoms. The number of carbonyl (C=O) groups is 2. The Kier molecular flexibility index (Phi) is 10.6. The maximum absolute atomic E-state index is 11.3. The van der Waals surface area contributed by atoms with Gasteiger partial charge in [-0.05, 0) is 13.3 Å². The number of hydrogen-bond donors (Lipinski definition) is 0. The van der Waals surface area contributed by atoms with Crippen molar-refractivity contribution in [1.82, 2.24) is 0 Å². The first-order valence-corrected chi connectivity index (χ1v) is 6.76. The molecule has 0 aliphatic heterocycles. The summed E-state index contributed by atoms with van der Waals surface area (Å²) in [6, 6.07) is 0. The summed E-state index contributed by atoms with van der Waals surface area (Å²) in [6.45, 7) is 7.83. The standard InChI is InChI=1S/C15H24O4/c1-4-6-7-8-12-18-14(16)10-11-15(17)19-13(3)9-5-2/h5,10-11,13H,2,4,6-9,12H2,1,3H3/b11-10+. The molecule has 0 fully saturated rings.